The van der Waals surface area contributed by atoms with Gasteiger partial charge in [-0.15, -0.1) is 0 Å². The van der Waals surface area contributed by atoms with Crippen molar-refractivity contribution in [3.63, 3.8) is 0 Å². The molecular formula is C13H22N2O3. The largest absolute Gasteiger partial charge is 0.388 e. The van der Waals surface area contributed by atoms with Crippen molar-refractivity contribution in [2.24, 2.45) is 0 Å². The molecule has 0 unspecified atom stereocenters. The van der Waals surface area contributed by atoms with Crippen LogP contribution in [0.25, 0.3) is 0 Å². The number of rotatable bonds is 10. The SMILES string of the molecule is CNc1ccnc(COCCOCCCOC)c1. The minimum Gasteiger partial charge on any atom is -0.388 e. The van der Waals surface area contributed by atoms with Gasteiger partial charge in [0.25, 0.3) is 0 Å². The average molecular weight is 254 g/mol. The highest BCUT2D eigenvalue weighted by molar-refractivity contribution is 5.42. The van der Waals surface area contributed by atoms with Gasteiger partial charge >= 0.3 is 0 Å². The molecule has 0 saturated heterocycles. The highest BCUT2D eigenvalue weighted by Gasteiger charge is 1.96. The molecule has 1 rings (SSSR count). The molecule has 0 aliphatic heterocycles. The average Bonchev–Trinajstić information content (AvgIpc) is 2.42. The summed E-state index contributed by atoms with van der Waals surface area (Å²) < 4.78 is 15.8. The predicted molar refractivity (Wildman–Crippen MR) is 70.8 cm³/mol. The van der Waals surface area contributed by atoms with E-state index in [1.165, 1.54) is 0 Å². The fraction of sp³-hybridized carbons (Fsp3) is 0.615. The van der Waals surface area contributed by atoms with E-state index >= 15 is 0 Å². The van der Waals surface area contributed by atoms with E-state index in [2.05, 4.69) is 10.3 Å². The van der Waals surface area contributed by atoms with E-state index in [0.717, 1.165) is 24.4 Å². The highest BCUT2D eigenvalue weighted by atomic mass is 16.5. The molecule has 0 aliphatic rings. The molecule has 0 aromatic carbocycles. The lowest BCUT2D eigenvalue weighted by molar-refractivity contribution is 0.0327. The molecule has 0 radical (unpaired) electrons. The molecule has 0 aliphatic carbocycles. The van der Waals surface area contributed by atoms with Gasteiger partial charge in [-0.25, -0.2) is 0 Å². The number of methoxy groups -OCH3 is 1. The van der Waals surface area contributed by atoms with Gasteiger partial charge in [0.15, 0.2) is 0 Å². The lowest BCUT2D eigenvalue weighted by Crippen LogP contribution is -2.07. The van der Waals surface area contributed by atoms with Gasteiger partial charge in [-0.3, -0.25) is 4.98 Å². The molecule has 1 aromatic heterocycles. The molecule has 0 bridgehead atoms. The summed E-state index contributed by atoms with van der Waals surface area (Å²) >= 11 is 0. The molecule has 5 nitrogen and oxygen atoms in total. The quantitative estimate of drug-likeness (QED) is 0.644. The predicted octanol–water partition coefficient (Wildman–Crippen LogP) is 1.69. The zero-order valence-corrected chi connectivity index (χ0v) is 11.1. The topological polar surface area (TPSA) is 52.6 Å². The van der Waals surface area contributed by atoms with E-state index in [1.807, 2.05) is 19.2 Å². The summed E-state index contributed by atoms with van der Waals surface area (Å²) in [5.41, 5.74) is 1.96. The number of nitrogens with zero attached hydrogens (tertiary/aromatic N) is 1. The van der Waals surface area contributed by atoms with Gasteiger partial charge in [0.2, 0.25) is 0 Å². The molecule has 0 fully saturated rings. The van der Waals surface area contributed by atoms with Gasteiger partial charge in [-0.05, 0) is 18.6 Å². The van der Waals surface area contributed by atoms with Crippen molar-refractivity contribution in [1.82, 2.24) is 4.98 Å². The number of nitrogens with one attached hydrogen (secondary N) is 1. The van der Waals surface area contributed by atoms with Crippen LogP contribution in [0.3, 0.4) is 0 Å². The standard InChI is InChI=1S/C13H22N2O3/c1-14-12-4-5-15-13(10-12)11-18-9-8-17-7-3-6-16-2/h4-5,10H,3,6-9,11H2,1-2H3,(H,14,15). The van der Waals surface area contributed by atoms with E-state index in [-0.39, 0.29) is 0 Å². The van der Waals surface area contributed by atoms with Crippen LogP contribution in [0.15, 0.2) is 18.3 Å². The summed E-state index contributed by atoms with van der Waals surface area (Å²) in [5.74, 6) is 0. The molecule has 18 heavy (non-hydrogen) atoms. The van der Waals surface area contributed by atoms with Crippen molar-refractivity contribution in [2.75, 3.05) is 45.9 Å². The highest BCUT2D eigenvalue weighted by Crippen LogP contribution is 2.07. The van der Waals surface area contributed by atoms with Crippen LogP contribution in [0.5, 0.6) is 0 Å². The Kier molecular flexibility index (Phi) is 8.12. The molecule has 102 valence electrons. The minimum absolute atomic E-state index is 0.511. The van der Waals surface area contributed by atoms with Crippen LogP contribution in [0, 0.1) is 0 Å². The first-order valence-corrected chi connectivity index (χ1v) is 6.14. The maximum Gasteiger partial charge on any atom is 0.0889 e. The summed E-state index contributed by atoms with van der Waals surface area (Å²) in [5, 5.41) is 3.07. The summed E-state index contributed by atoms with van der Waals surface area (Å²) in [4.78, 5) is 4.22. The molecule has 0 saturated carbocycles. The number of pyridine rings is 1. The lowest BCUT2D eigenvalue weighted by Gasteiger charge is -2.06. The smallest absolute Gasteiger partial charge is 0.0889 e. The third-order valence-corrected chi connectivity index (χ3v) is 2.36. The molecule has 0 atom stereocenters. The lowest BCUT2D eigenvalue weighted by atomic mass is 10.3. The minimum atomic E-state index is 0.511. The van der Waals surface area contributed by atoms with Gasteiger partial charge in [-0.1, -0.05) is 0 Å². The van der Waals surface area contributed by atoms with Gasteiger partial charge in [0.1, 0.15) is 0 Å². The van der Waals surface area contributed by atoms with Crippen LogP contribution in [-0.2, 0) is 20.8 Å². The zero-order valence-electron chi connectivity index (χ0n) is 11.1. The number of hydrogen-bond acceptors (Lipinski definition) is 5. The first-order valence-electron chi connectivity index (χ1n) is 6.14. The molecule has 5 heteroatoms. The first kappa shape index (κ1) is 14.9. The molecule has 0 spiro atoms. The number of ether oxygens (including phenoxy) is 3. The maximum absolute atomic E-state index is 5.48. The van der Waals surface area contributed by atoms with Crippen LogP contribution >= 0.6 is 0 Å². The van der Waals surface area contributed by atoms with Crippen molar-refractivity contribution < 1.29 is 14.2 Å². The summed E-state index contributed by atoms with van der Waals surface area (Å²) in [6, 6.07) is 3.89. The number of hydrogen-bond donors (Lipinski definition) is 1. The Labute approximate surface area is 108 Å². The third-order valence-electron chi connectivity index (χ3n) is 2.36. The summed E-state index contributed by atoms with van der Waals surface area (Å²) in [7, 11) is 3.57. The van der Waals surface area contributed by atoms with E-state index in [4.69, 9.17) is 14.2 Å². The van der Waals surface area contributed by atoms with Gasteiger partial charge in [0.05, 0.1) is 25.5 Å². The van der Waals surface area contributed by atoms with Crippen LogP contribution < -0.4 is 5.32 Å². The Morgan fingerprint density at radius 1 is 1.17 bits per heavy atom. The second kappa shape index (κ2) is 9.82. The fourth-order valence-corrected chi connectivity index (χ4v) is 1.41. The van der Waals surface area contributed by atoms with Crippen LogP contribution in [-0.4, -0.2) is 45.6 Å². The van der Waals surface area contributed by atoms with Crippen molar-refractivity contribution in [1.29, 1.82) is 0 Å². The van der Waals surface area contributed by atoms with Crippen LogP contribution in [0.4, 0.5) is 5.69 Å². The van der Waals surface area contributed by atoms with Crippen molar-refractivity contribution in [3.05, 3.63) is 24.0 Å². The summed E-state index contributed by atoms with van der Waals surface area (Å²) in [6.07, 6.45) is 2.69. The normalized spacial score (nSPS) is 10.6. The number of aromatic nitrogens is 1. The van der Waals surface area contributed by atoms with E-state index in [1.54, 1.807) is 13.3 Å². The van der Waals surface area contributed by atoms with Crippen LogP contribution in [0.1, 0.15) is 12.1 Å². The van der Waals surface area contributed by atoms with E-state index in [9.17, 15) is 0 Å². The number of anilines is 1. The van der Waals surface area contributed by atoms with Gasteiger partial charge < -0.3 is 19.5 Å². The Hall–Kier alpha value is -1.17. The van der Waals surface area contributed by atoms with E-state index in [0.29, 0.717) is 26.4 Å². The van der Waals surface area contributed by atoms with Gasteiger partial charge in [0, 0.05) is 39.3 Å². The van der Waals surface area contributed by atoms with Crippen molar-refractivity contribution in [2.45, 2.75) is 13.0 Å². The molecule has 1 N–H and O–H groups in total. The Bertz CT molecular complexity index is 321. The fourth-order valence-electron chi connectivity index (χ4n) is 1.41. The Balaban J connectivity index is 2.03. The van der Waals surface area contributed by atoms with E-state index < -0.39 is 0 Å². The molecular weight excluding hydrogens is 232 g/mol. The first-order chi connectivity index (χ1) is 8.86. The molecule has 1 heterocycles. The molecule has 0 amide bonds. The maximum atomic E-state index is 5.48. The van der Waals surface area contributed by atoms with Gasteiger partial charge in [-0.2, -0.15) is 0 Å². The monoisotopic (exact) mass is 254 g/mol. The van der Waals surface area contributed by atoms with Crippen molar-refractivity contribution >= 4 is 5.69 Å². The second-order valence-corrected chi connectivity index (χ2v) is 3.80. The Morgan fingerprint density at radius 3 is 2.78 bits per heavy atom. The van der Waals surface area contributed by atoms with Crippen molar-refractivity contribution in [3.8, 4) is 0 Å². The van der Waals surface area contributed by atoms with Crippen LogP contribution in [0.2, 0.25) is 0 Å². The summed E-state index contributed by atoms with van der Waals surface area (Å²) in [6.45, 7) is 3.15. The zero-order chi connectivity index (χ0) is 13.1. The third kappa shape index (κ3) is 6.54. The molecule has 1 aromatic rings. The Morgan fingerprint density at radius 2 is 2.00 bits per heavy atom. The second-order valence-electron chi connectivity index (χ2n) is 3.80.